The molecule has 0 fully saturated rings. The molecule has 0 atom stereocenters. The molecule has 3 aromatic carbocycles. The van der Waals surface area contributed by atoms with E-state index in [1.807, 2.05) is 54.6 Å². The molecule has 31 heavy (non-hydrogen) atoms. The number of esters is 1. The number of aldehydes is 1. The molecule has 0 amide bonds. The average molecular weight is 418 g/mol. The molecule has 0 saturated heterocycles. The molecule has 3 aromatic rings. The van der Waals surface area contributed by atoms with E-state index in [1.165, 1.54) is 0 Å². The number of benzene rings is 3. The van der Waals surface area contributed by atoms with Crippen LogP contribution in [-0.4, -0.2) is 24.5 Å². The molecule has 0 spiro atoms. The second-order valence-electron chi connectivity index (χ2n) is 8.09. The van der Waals surface area contributed by atoms with Crippen LogP contribution in [0.15, 0.2) is 72.8 Å². The molecule has 160 valence electrons. The molecule has 0 radical (unpaired) electrons. The van der Waals surface area contributed by atoms with Crippen LogP contribution in [0.5, 0.6) is 17.2 Å². The van der Waals surface area contributed by atoms with E-state index in [9.17, 15) is 9.59 Å². The third kappa shape index (κ3) is 7.00. The van der Waals surface area contributed by atoms with Crippen LogP contribution in [0.4, 0.5) is 0 Å². The average Bonchev–Trinajstić information content (AvgIpc) is 2.73. The van der Waals surface area contributed by atoms with Crippen LogP contribution in [0.3, 0.4) is 0 Å². The zero-order chi connectivity index (χ0) is 22.3. The molecule has 0 aliphatic rings. The highest BCUT2D eigenvalue weighted by molar-refractivity contribution is 5.78. The van der Waals surface area contributed by atoms with Gasteiger partial charge >= 0.3 is 5.97 Å². The van der Waals surface area contributed by atoms with Crippen LogP contribution in [0.2, 0.25) is 0 Å². The smallest absolute Gasteiger partial charge is 0.344 e. The maximum atomic E-state index is 11.9. The van der Waals surface area contributed by atoms with Gasteiger partial charge in [-0.05, 0) is 80.8 Å². The molecular formula is C26H26O5. The number of carbonyl (C=O) groups is 2. The summed E-state index contributed by atoms with van der Waals surface area (Å²) in [4.78, 5) is 23.4. The highest BCUT2D eigenvalue weighted by Crippen LogP contribution is 2.24. The summed E-state index contributed by atoms with van der Waals surface area (Å²) in [6.07, 6.45) is 1.36. The van der Waals surface area contributed by atoms with E-state index in [1.54, 1.807) is 39.0 Å². The van der Waals surface area contributed by atoms with Crippen molar-refractivity contribution in [2.75, 3.05) is 6.61 Å². The summed E-state index contributed by atoms with van der Waals surface area (Å²) in [6.45, 7) is 5.22. The Labute approximate surface area is 182 Å². The molecule has 0 aliphatic carbocycles. The van der Waals surface area contributed by atoms with Crippen LogP contribution in [-0.2, 0) is 16.0 Å². The van der Waals surface area contributed by atoms with Crippen molar-refractivity contribution < 1.29 is 23.8 Å². The number of para-hydroxylation sites is 1. The first-order valence-corrected chi connectivity index (χ1v) is 10.1. The molecule has 0 N–H and O–H groups in total. The van der Waals surface area contributed by atoms with Gasteiger partial charge < -0.3 is 14.2 Å². The molecule has 5 heteroatoms. The second kappa shape index (κ2) is 9.94. The predicted molar refractivity (Wildman–Crippen MR) is 119 cm³/mol. The summed E-state index contributed by atoms with van der Waals surface area (Å²) in [5.41, 5.74) is 1.85. The molecule has 0 bridgehead atoms. The SMILES string of the molecule is CC(C)(C)OC(=O)COc1ccc(C=O)c(Cc2ccc(Oc3ccccc3)cc2)c1. The van der Waals surface area contributed by atoms with Gasteiger partial charge in [-0.2, -0.15) is 0 Å². The lowest BCUT2D eigenvalue weighted by molar-refractivity contribution is -0.157. The second-order valence-corrected chi connectivity index (χ2v) is 8.09. The third-order valence-electron chi connectivity index (χ3n) is 4.31. The normalized spacial score (nSPS) is 10.9. The summed E-state index contributed by atoms with van der Waals surface area (Å²) in [7, 11) is 0. The van der Waals surface area contributed by atoms with E-state index in [4.69, 9.17) is 14.2 Å². The van der Waals surface area contributed by atoms with Crippen molar-refractivity contribution in [1.29, 1.82) is 0 Å². The minimum absolute atomic E-state index is 0.192. The van der Waals surface area contributed by atoms with Gasteiger partial charge in [0.15, 0.2) is 6.61 Å². The van der Waals surface area contributed by atoms with E-state index in [0.29, 0.717) is 17.7 Å². The number of carbonyl (C=O) groups excluding carboxylic acids is 2. The van der Waals surface area contributed by atoms with Gasteiger partial charge in [-0.25, -0.2) is 4.79 Å². The van der Waals surface area contributed by atoms with Crippen molar-refractivity contribution >= 4 is 12.3 Å². The fraction of sp³-hybridized carbons (Fsp3) is 0.231. The van der Waals surface area contributed by atoms with E-state index in [-0.39, 0.29) is 6.61 Å². The van der Waals surface area contributed by atoms with Gasteiger partial charge in [-0.3, -0.25) is 4.79 Å². The van der Waals surface area contributed by atoms with E-state index in [0.717, 1.165) is 28.9 Å². The first kappa shape index (κ1) is 22.1. The Morgan fingerprint density at radius 3 is 2.16 bits per heavy atom. The van der Waals surface area contributed by atoms with Gasteiger partial charge in [0, 0.05) is 5.56 Å². The lowest BCUT2D eigenvalue weighted by Crippen LogP contribution is -2.27. The fourth-order valence-electron chi connectivity index (χ4n) is 2.97. The van der Waals surface area contributed by atoms with E-state index < -0.39 is 11.6 Å². The quantitative estimate of drug-likeness (QED) is 0.352. The molecule has 0 aromatic heterocycles. The van der Waals surface area contributed by atoms with Crippen LogP contribution in [0, 0.1) is 0 Å². The summed E-state index contributed by atoms with van der Waals surface area (Å²) >= 11 is 0. The third-order valence-corrected chi connectivity index (χ3v) is 4.31. The van der Waals surface area contributed by atoms with E-state index >= 15 is 0 Å². The number of hydrogen-bond acceptors (Lipinski definition) is 5. The molecule has 3 rings (SSSR count). The lowest BCUT2D eigenvalue weighted by atomic mass is 10.00. The molecule has 0 aliphatic heterocycles. The Kier molecular flexibility index (Phi) is 7.08. The highest BCUT2D eigenvalue weighted by atomic mass is 16.6. The van der Waals surface area contributed by atoms with E-state index in [2.05, 4.69) is 0 Å². The Balaban J connectivity index is 1.66. The Bertz CT molecular complexity index is 1020. The minimum Gasteiger partial charge on any atom is -0.482 e. The summed E-state index contributed by atoms with van der Waals surface area (Å²) in [6, 6.07) is 22.4. The van der Waals surface area contributed by atoms with Crippen LogP contribution in [0.1, 0.15) is 42.3 Å². The van der Waals surface area contributed by atoms with Gasteiger partial charge in [-0.1, -0.05) is 30.3 Å². The molecule has 5 nitrogen and oxygen atoms in total. The summed E-state index contributed by atoms with van der Waals surface area (Å²) in [5.74, 6) is 1.58. The van der Waals surface area contributed by atoms with Crippen LogP contribution in [0.25, 0.3) is 0 Å². The standard InChI is InChI=1S/C26H26O5/c1-26(2,3)31-25(28)18-29-24-14-11-20(17-27)21(16-24)15-19-9-12-23(13-10-19)30-22-7-5-4-6-8-22/h4-14,16-17H,15,18H2,1-3H3. The largest absolute Gasteiger partial charge is 0.482 e. The van der Waals surface area contributed by atoms with Crippen molar-refractivity contribution in [3.63, 3.8) is 0 Å². The number of ether oxygens (including phenoxy) is 3. The van der Waals surface area contributed by atoms with Gasteiger partial charge in [-0.15, -0.1) is 0 Å². The van der Waals surface area contributed by atoms with Crippen molar-refractivity contribution in [3.8, 4) is 17.2 Å². The Hall–Kier alpha value is -3.60. The predicted octanol–water partition coefficient (Wildman–Crippen LogP) is 5.60. The summed E-state index contributed by atoms with van der Waals surface area (Å²) in [5, 5.41) is 0. The first-order valence-electron chi connectivity index (χ1n) is 10.1. The number of rotatable bonds is 8. The van der Waals surface area contributed by atoms with Crippen molar-refractivity contribution in [2.45, 2.75) is 32.8 Å². The monoisotopic (exact) mass is 418 g/mol. The van der Waals surface area contributed by atoms with Crippen molar-refractivity contribution in [3.05, 3.63) is 89.5 Å². The first-order chi connectivity index (χ1) is 14.8. The van der Waals surface area contributed by atoms with Gasteiger partial charge in [0.25, 0.3) is 0 Å². The van der Waals surface area contributed by atoms with Gasteiger partial charge in [0.2, 0.25) is 0 Å². The van der Waals surface area contributed by atoms with Gasteiger partial charge in [0.05, 0.1) is 0 Å². The number of hydrogen-bond donors (Lipinski definition) is 0. The Morgan fingerprint density at radius 2 is 1.52 bits per heavy atom. The maximum absolute atomic E-state index is 11.9. The summed E-state index contributed by atoms with van der Waals surface area (Å²) < 4.78 is 16.6. The molecule has 0 saturated carbocycles. The van der Waals surface area contributed by atoms with Crippen LogP contribution >= 0.6 is 0 Å². The van der Waals surface area contributed by atoms with Crippen molar-refractivity contribution in [2.24, 2.45) is 0 Å². The molecule has 0 unspecified atom stereocenters. The minimum atomic E-state index is -0.566. The Morgan fingerprint density at radius 1 is 0.871 bits per heavy atom. The molecule has 0 heterocycles. The highest BCUT2D eigenvalue weighted by Gasteiger charge is 2.17. The maximum Gasteiger partial charge on any atom is 0.344 e. The topological polar surface area (TPSA) is 61.8 Å². The fourth-order valence-corrected chi connectivity index (χ4v) is 2.97. The van der Waals surface area contributed by atoms with Crippen molar-refractivity contribution in [1.82, 2.24) is 0 Å². The molecular weight excluding hydrogens is 392 g/mol. The van der Waals surface area contributed by atoms with Gasteiger partial charge in [0.1, 0.15) is 29.1 Å². The zero-order valence-corrected chi connectivity index (χ0v) is 18.0. The lowest BCUT2D eigenvalue weighted by Gasteiger charge is -2.19. The van der Waals surface area contributed by atoms with Crippen LogP contribution < -0.4 is 9.47 Å². The zero-order valence-electron chi connectivity index (χ0n) is 18.0.